The zero-order chi connectivity index (χ0) is 43.3. The molecule has 0 bridgehead atoms. The molecule has 10 heteroatoms. The Labute approximate surface area is 387 Å². The van der Waals surface area contributed by atoms with Crippen molar-refractivity contribution < 1.29 is 0 Å². The molecule has 0 amide bonds. The molecule has 2 N–H and O–H groups in total. The minimum atomic E-state index is 0.899. The van der Waals surface area contributed by atoms with Crippen molar-refractivity contribution in [3.05, 3.63) is 81.9 Å². The number of rotatable bonds is 24. The van der Waals surface area contributed by atoms with Crippen molar-refractivity contribution in [2.45, 2.75) is 156 Å². The molecule has 1 aliphatic rings. The largest absolute Gasteiger partial charge is 0.309 e. The van der Waals surface area contributed by atoms with Gasteiger partial charge in [0.2, 0.25) is 0 Å². The van der Waals surface area contributed by atoms with Gasteiger partial charge < -0.3 is 9.44 Å². The van der Waals surface area contributed by atoms with E-state index in [4.69, 9.17) is 8.75 Å². The number of benzene rings is 3. The summed E-state index contributed by atoms with van der Waals surface area (Å²) in [7, 11) is 0. The summed E-state index contributed by atoms with van der Waals surface area (Å²) in [5, 5.41) is 20.8. The summed E-state index contributed by atoms with van der Waals surface area (Å²) in [6.45, 7) is 9.00. The number of anilines is 2. The topological polar surface area (TPSA) is 97.4 Å². The van der Waals surface area contributed by atoms with E-state index in [-0.39, 0.29) is 0 Å². The number of aryl methyl sites for hydroxylation is 4. The van der Waals surface area contributed by atoms with Gasteiger partial charge in [0.25, 0.3) is 0 Å². The van der Waals surface area contributed by atoms with Crippen LogP contribution in [0.1, 0.15) is 164 Å². The van der Waals surface area contributed by atoms with Gasteiger partial charge in [-0.15, -0.1) is 22.7 Å². The molecule has 3 aromatic carbocycles. The molecule has 0 aliphatic carbocycles. The van der Waals surface area contributed by atoms with E-state index >= 15 is 0 Å². The van der Waals surface area contributed by atoms with E-state index in [1.807, 2.05) is 0 Å². The van der Waals surface area contributed by atoms with Crippen molar-refractivity contribution in [3.8, 4) is 53.9 Å². The van der Waals surface area contributed by atoms with Crippen molar-refractivity contribution in [2.75, 3.05) is 9.44 Å². The number of unbranched alkanes of at least 4 members (excludes halogenated alkanes) is 12. The quantitative estimate of drug-likeness (QED) is 0.0461. The lowest BCUT2D eigenvalue weighted by atomic mass is 9.91. The van der Waals surface area contributed by atoms with Gasteiger partial charge in [0.1, 0.15) is 11.0 Å². The molecular formula is C52H62N6S4. The molecule has 1 aliphatic heterocycles. The van der Waals surface area contributed by atoms with Gasteiger partial charge in [-0.25, -0.2) is 0 Å². The molecule has 0 spiro atoms. The molecule has 0 unspecified atom stereocenters. The van der Waals surface area contributed by atoms with Crippen LogP contribution in [-0.4, -0.2) is 8.75 Å². The first-order chi connectivity index (χ1) is 30.5. The zero-order valence-electron chi connectivity index (χ0n) is 37.2. The summed E-state index contributed by atoms with van der Waals surface area (Å²) in [5.41, 5.74) is 15.1. The predicted octanol–water partition coefficient (Wildman–Crippen LogP) is 17.1. The van der Waals surface area contributed by atoms with E-state index in [9.17, 15) is 10.5 Å². The summed E-state index contributed by atoms with van der Waals surface area (Å²) >= 11 is 6.37. The molecule has 0 radical (unpaired) electrons. The highest BCUT2D eigenvalue weighted by molar-refractivity contribution is 8.02. The fraction of sp³-hybridized carbons (Fsp3) is 0.462. The molecule has 62 heavy (non-hydrogen) atoms. The lowest BCUT2D eigenvalue weighted by Crippen LogP contribution is -1.99. The normalized spacial score (nSPS) is 12.0. The number of hydrogen-bond donors (Lipinski definition) is 2. The van der Waals surface area contributed by atoms with Crippen LogP contribution >= 0.6 is 46.5 Å². The first-order valence-electron chi connectivity index (χ1n) is 23.4. The van der Waals surface area contributed by atoms with Crippen molar-refractivity contribution in [2.24, 2.45) is 0 Å². The average Bonchev–Trinajstić information content (AvgIpc) is 4.14. The minimum absolute atomic E-state index is 0.899. The monoisotopic (exact) mass is 898 g/mol. The fourth-order valence-electron chi connectivity index (χ4n) is 8.93. The van der Waals surface area contributed by atoms with Crippen LogP contribution in [0.4, 0.5) is 11.4 Å². The maximum absolute atomic E-state index is 10.4. The van der Waals surface area contributed by atoms with Gasteiger partial charge in [0, 0.05) is 30.6 Å². The summed E-state index contributed by atoms with van der Waals surface area (Å²) in [6.07, 6.45) is 22.7. The van der Waals surface area contributed by atoms with Gasteiger partial charge in [-0.1, -0.05) is 105 Å². The van der Waals surface area contributed by atoms with Gasteiger partial charge in [-0.2, -0.15) is 19.3 Å². The molecule has 4 heterocycles. The van der Waals surface area contributed by atoms with E-state index in [1.54, 1.807) is 22.7 Å². The smallest absolute Gasteiger partial charge is 0.116 e. The van der Waals surface area contributed by atoms with Crippen LogP contribution in [0, 0.1) is 22.7 Å². The number of hydrogen-bond acceptors (Lipinski definition) is 10. The van der Waals surface area contributed by atoms with E-state index in [0.717, 1.165) is 106 Å². The third-order valence-corrected chi connectivity index (χ3v) is 15.8. The molecule has 0 saturated carbocycles. The Balaban J connectivity index is 1.24. The Morgan fingerprint density at radius 1 is 0.468 bits per heavy atom. The minimum Gasteiger partial charge on any atom is -0.309 e. The van der Waals surface area contributed by atoms with Gasteiger partial charge >= 0.3 is 0 Å². The Bertz CT molecular complexity index is 2280. The first kappa shape index (κ1) is 45.8. The molecule has 324 valence electrons. The average molecular weight is 899 g/mol. The molecule has 6 nitrogen and oxygen atoms in total. The van der Waals surface area contributed by atoms with Crippen LogP contribution in [0.3, 0.4) is 0 Å². The molecular weight excluding hydrogens is 837 g/mol. The second kappa shape index (κ2) is 22.9. The molecule has 7 rings (SSSR count). The van der Waals surface area contributed by atoms with Gasteiger partial charge in [-0.05, 0) is 133 Å². The SMILES string of the molecule is CCCCCCc1cc(-c2ccc(-c3c4c(c(-c5ccc(-c6cc(CCCCCC)c(C#N)c(CCCCCC)c6)s5)c5nsnc35)NSN4)s2)cc(CCCCCC)c1C#N. The summed E-state index contributed by atoms with van der Waals surface area (Å²) in [6, 6.07) is 23.4. The maximum atomic E-state index is 10.4. The third kappa shape index (κ3) is 10.6. The number of nitrogens with one attached hydrogen (secondary N) is 2. The molecule has 0 atom stereocenters. The van der Waals surface area contributed by atoms with Crippen molar-refractivity contribution in [1.82, 2.24) is 8.75 Å². The third-order valence-electron chi connectivity index (χ3n) is 12.3. The second-order valence-electron chi connectivity index (χ2n) is 16.9. The van der Waals surface area contributed by atoms with Crippen molar-refractivity contribution >= 4 is 68.9 Å². The molecule has 0 fully saturated rings. The van der Waals surface area contributed by atoms with Crippen LogP contribution in [0.15, 0.2) is 48.5 Å². The van der Waals surface area contributed by atoms with Gasteiger partial charge in [-0.3, -0.25) is 0 Å². The first-order valence-corrected chi connectivity index (χ1v) is 26.5. The Hall–Kier alpha value is -4.19. The second-order valence-corrected chi connectivity index (χ2v) is 20.2. The highest BCUT2D eigenvalue weighted by atomic mass is 32.2. The van der Waals surface area contributed by atoms with Gasteiger partial charge in [0.05, 0.1) is 58.5 Å². The number of nitriles is 2. The lowest BCUT2D eigenvalue weighted by Gasteiger charge is -2.14. The van der Waals surface area contributed by atoms with Crippen molar-refractivity contribution in [3.63, 3.8) is 0 Å². The number of nitrogens with zero attached hydrogens (tertiary/aromatic N) is 4. The Kier molecular flexibility index (Phi) is 17.0. The number of thiophene rings is 2. The zero-order valence-corrected chi connectivity index (χ0v) is 40.4. The van der Waals surface area contributed by atoms with E-state index in [0.29, 0.717) is 0 Å². The fourth-order valence-corrected chi connectivity index (χ4v) is 12.2. The van der Waals surface area contributed by atoms with E-state index in [1.165, 1.54) is 144 Å². The van der Waals surface area contributed by atoms with Crippen LogP contribution in [0.5, 0.6) is 0 Å². The lowest BCUT2D eigenvalue weighted by molar-refractivity contribution is 0.660. The summed E-state index contributed by atoms with van der Waals surface area (Å²) in [4.78, 5) is 4.72. The van der Waals surface area contributed by atoms with Crippen LogP contribution in [-0.2, 0) is 25.7 Å². The van der Waals surface area contributed by atoms with Crippen molar-refractivity contribution in [1.29, 1.82) is 10.5 Å². The Morgan fingerprint density at radius 2 is 0.806 bits per heavy atom. The number of fused-ring (bicyclic) bond motifs is 2. The summed E-state index contributed by atoms with van der Waals surface area (Å²) in [5.74, 6) is 0. The molecule has 6 aromatic rings. The molecule has 0 saturated heterocycles. The van der Waals surface area contributed by atoms with Crippen LogP contribution in [0.2, 0.25) is 0 Å². The molecule has 3 aromatic heterocycles. The highest BCUT2D eigenvalue weighted by Crippen LogP contribution is 2.54. The standard InChI is InChI=1S/C52H62N6S4/c1-5-9-13-17-21-35-29-39(30-36(41(35)33-53)22-18-14-10-6-2)43-25-27-45(59-43)47-49-51(57-61-55-49)48(52-50(47)56-62-58-52)46-28-26-44(60-46)40-31-37(23-19-15-11-7-3)42(34-54)38(32-40)24-20-16-12-8-4/h25-32,55,57H,5-24H2,1-4H3. The summed E-state index contributed by atoms with van der Waals surface area (Å²) < 4.78 is 17.2. The number of aromatic nitrogens is 2. The van der Waals surface area contributed by atoms with E-state index < -0.39 is 0 Å². The van der Waals surface area contributed by atoms with Crippen LogP contribution in [0.25, 0.3) is 52.8 Å². The van der Waals surface area contributed by atoms with Gasteiger partial charge in [0.15, 0.2) is 0 Å². The Morgan fingerprint density at radius 3 is 1.13 bits per heavy atom. The predicted molar refractivity (Wildman–Crippen MR) is 271 cm³/mol. The highest BCUT2D eigenvalue weighted by Gasteiger charge is 2.29. The van der Waals surface area contributed by atoms with E-state index in [2.05, 4.69) is 97.8 Å². The van der Waals surface area contributed by atoms with Crippen LogP contribution < -0.4 is 9.44 Å². The maximum Gasteiger partial charge on any atom is 0.116 e.